The van der Waals surface area contributed by atoms with Gasteiger partial charge in [0.25, 0.3) is 0 Å². The molecule has 5 heteroatoms. The highest BCUT2D eigenvalue weighted by Crippen LogP contribution is 2.32. The van der Waals surface area contributed by atoms with E-state index in [2.05, 4.69) is 0 Å². The molecule has 0 saturated heterocycles. The number of fused-ring (bicyclic) bond motifs is 4. The van der Waals surface area contributed by atoms with Crippen molar-refractivity contribution >= 4 is 56.9 Å². The van der Waals surface area contributed by atoms with Crippen LogP contribution in [0.4, 0.5) is 0 Å². The van der Waals surface area contributed by atoms with Crippen molar-refractivity contribution in [3.63, 3.8) is 0 Å². The number of rotatable bonds is 1. The Hall–Kier alpha value is -2.01. The fourth-order valence-corrected chi connectivity index (χ4v) is 3.00. The summed E-state index contributed by atoms with van der Waals surface area (Å²) in [5.74, 6) is 0. The zero-order valence-corrected chi connectivity index (χ0v) is 11.6. The van der Waals surface area contributed by atoms with Crippen molar-refractivity contribution in [3.05, 3.63) is 53.6 Å². The molecule has 0 unspecified atom stereocenters. The van der Waals surface area contributed by atoms with Crippen LogP contribution in [0.2, 0.25) is 5.02 Å². The number of benzene rings is 3. The van der Waals surface area contributed by atoms with Gasteiger partial charge < -0.3 is 14.5 Å². The van der Waals surface area contributed by atoms with E-state index >= 15 is 0 Å². The topological polar surface area (TPSA) is 53.6 Å². The largest absolute Gasteiger partial charge is 0.492 e. The molecule has 0 amide bonds. The average Bonchev–Trinajstić information content (AvgIpc) is 2.80. The SMILES string of the molecule is OB(O)c1c2ccccc2cc2c1oc1cc(Cl)ccc12. The van der Waals surface area contributed by atoms with E-state index in [0.29, 0.717) is 21.7 Å². The summed E-state index contributed by atoms with van der Waals surface area (Å²) in [5.41, 5.74) is 1.51. The van der Waals surface area contributed by atoms with Gasteiger partial charge in [0.1, 0.15) is 11.2 Å². The van der Waals surface area contributed by atoms with Crippen molar-refractivity contribution in [2.24, 2.45) is 0 Å². The third-order valence-electron chi connectivity index (χ3n) is 3.74. The average molecular weight is 297 g/mol. The minimum atomic E-state index is -1.60. The van der Waals surface area contributed by atoms with Gasteiger partial charge in [-0.15, -0.1) is 0 Å². The molecule has 0 bridgehead atoms. The van der Waals surface area contributed by atoms with Crippen LogP contribution in [0.25, 0.3) is 32.7 Å². The van der Waals surface area contributed by atoms with Crippen LogP contribution in [0, 0.1) is 0 Å². The van der Waals surface area contributed by atoms with Crippen LogP contribution >= 0.6 is 11.6 Å². The van der Waals surface area contributed by atoms with Gasteiger partial charge in [0.2, 0.25) is 0 Å². The molecular formula is C16H10BClO3. The van der Waals surface area contributed by atoms with Crippen LogP contribution in [0.15, 0.2) is 52.9 Å². The van der Waals surface area contributed by atoms with Crippen LogP contribution in [0.1, 0.15) is 0 Å². The Morgan fingerprint density at radius 2 is 1.71 bits per heavy atom. The van der Waals surface area contributed by atoms with Crippen molar-refractivity contribution in [1.29, 1.82) is 0 Å². The Kier molecular flexibility index (Phi) is 2.72. The van der Waals surface area contributed by atoms with Crippen molar-refractivity contribution in [2.45, 2.75) is 0 Å². The molecule has 4 aromatic rings. The summed E-state index contributed by atoms with van der Waals surface area (Å²) in [6, 6.07) is 15.0. The van der Waals surface area contributed by atoms with E-state index in [9.17, 15) is 10.0 Å². The van der Waals surface area contributed by atoms with Crippen LogP contribution in [0.5, 0.6) is 0 Å². The number of hydrogen-bond donors (Lipinski definition) is 2. The number of hydrogen-bond acceptors (Lipinski definition) is 3. The molecule has 1 aromatic heterocycles. The smallest absolute Gasteiger partial charge is 0.456 e. The molecule has 0 saturated carbocycles. The van der Waals surface area contributed by atoms with E-state index in [1.807, 2.05) is 36.4 Å². The summed E-state index contributed by atoms with van der Waals surface area (Å²) in [6.45, 7) is 0. The lowest BCUT2D eigenvalue weighted by Crippen LogP contribution is -2.31. The normalized spacial score (nSPS) is 11.6. The fraction of sp³-hybridized carbons (Fsp3) is 0. The van der Waals surface area contributed by atoms with Crippen molar-refractivity contribution in [2.75, 3.05) is 0 Å². The maximum absolute atomic E-state index is 9.77. The summed E-state index contributed by atoms with van der Waals surface area (Å²) in [6.07, 6.45) is 0. The highest BCUT2D eigenvalue weighted by Gasteiger charge is 2.22. The van der Waals surface area contributed by atoms with E-state index in [1.165, 1.54) is 0 Å². The van der Waals surface area contributed by atoms with Crippen LogP contribution < -0.4 is 5.46 Å². The van der Waals surface area contributed by atoms with E-state index < -0.39 is 7.12 Å². The molecule has 1 heterocycles. The molecule has 0 radical (unpaired) electrons. The molecule has 0 atom stereocenters. The molecule has 0 aliphatic rings. The second-order valence-corrected chi connectivity index (χ2v) is 5.44. The Bertz CT molecular complexity index is 991. The van der Waals surface area contributed by atoms with Crippen LogP contribution in [-0.4, -0.2) is 17.2 Å². The van der Waals surface area contributed by atoms with Crippen LogP contribution in [-0.2, 0) is 0 Å². The van der Waals surface area contributed by atoms with Gasteiger partial charge in [-0.1, -0.05) is 35.9 Å². The predicted molar refractivity (Wildman–Crippen MR) is 86.1 cm³/mol. The van der Waals surface area contributed by atoms with E-state index in [-0.39, 0.29) is 0 Å². The molecule has 102 valence electrons. The summed E-state index contributed by atoms with van der Waals surface area (Å²) >= 11 is 5.99. The Balaban J connectivity index is 2.28. The molecule has 0 fully saturated rings. The summed E-state index contributed by atoms with van der Waals surface area (Å²) < 4.78 is 5.83. The molecule has 3 nitrogen and oxygen atoms in total. The van der Waals surface area contributed by atoms with Gasteiger partial charge in [0.15, 0.2) is 0 Å². The monoisotopic (exact) mass is 296 g/mol. The Morgan fingerprint density at radius 3 is 2.52 bits per heavy atom. The van der Waals surface area contributed by atoms with E-state index in [1.54, 1.807) is 12.1 Å². The first-order chi connectivity index (χ1) is 10.1. The Labute approximate surface area is 125 Å². The van der Waals surface area contributed by atoms with Gasteiger partial charge in [0, 0.05) is 27.3 Å². The van der Waals surface area contributed by atoms with E-state index in [4.69, 9.17) is 16.0 Å². The third-order valence-corrected chi connectivity index (χ3v) is 3.98. The van der Waals surface area contributed by atoms with Crippen molar-refractivity contribution in [3.8, 4) is 0 Å². The summed E-state index contributed by atoms with van der Waals surface area (Å²) in [5, 5.41) is 23.6. The second-order valence-electron chi connectivity index (χ2n) is 5.00. The van der Waals surface area contributed by atoms with Gasteiger partial charge in [-0.3, -0.25) is 0 Å². The molecular weight excluding hydrogens is 286 g/mol. The zero-order valence-electron chi connectivity index (χ0n) is 10.9. The number of furan rings is 1. The molecule has 2 N–H and O–H groups in total. The van der Waals surface area contributed by atoms with Gasteiger partial charge in [-0.2, -0.15) is 0 Å². The third kappa shape index (κ3) is 1.84. The summed E-state index contributed by atoms with van der Waals surface area (Å²) in [7, 11) is -1.60. The minimum absolute atomic E-state index is 0.385. The lowest BCUT2D eigenvalue weighted by Gasteiger charge is -2.06. The van der Waals surface area contributed by atoms with Gasteiger partial charge in [0.05, 0.1) is 0 Å². The first kappa shape index (κ1) is 12.7. The molecule has 0 spiro atoms. The fourth-order valence-electron chi connectivity index (χ4n) is 2.84. The molecule has 0 aliphatic heterocycles. The first-order valence-electron chi connectivity index (χ1n) is 6.55. The quantitative estimate of drug-likeness (QED) is 0.531. The highest BCUT2D eigenvalue weighted by molar-refractivity contribution is 6.65. The highest BCUT2D eigenvalue weighted by atomic mass is 35.5. The minimum Gasteiger partial charge on any atom is -0.456 e. The lowest BCUT2D eigenvalue weighted by molar-refractivity contribution is 0.426. The van der Waals surface area contributed by atoms with Crippen molar-refractivity contribution in [1.82, 2.24) is 0 Å². The maximum atomic E-state index is 9.77. The number of halogens is 1. The van der Waals surface area contributed by atoms with E-state index in [0.717, 1.165) is 21.5 Å². The summed E-state index contributed by atoms with van der Waals surface area (Å²) in [4.78, 5) is 0. The molecule has 21 heavy (non-hydrogen) atoms. The Morgan fingerprint density at radius 1 is 0.905 bits per heavy atom. The first-order valence-corrected chi connectivity index (χ1v) is 6.92. The maximum Gasteiger partial charge on any atom is 0.492 e. The van der Waals surface area contributed by atoms with Crippen molar-refractivity contribution < 1.29 is 14.5 Å². The lowest BCUT2D eigenvalue weighted by atomic mass is 9.76. The molecule has 3 aromatic carbocycles. The molecule has 0 aliphatic carbocycles. The molecule has 4 rings (SSSR count). The van der Waals surface area contributed by atoms with Crippen LogP contribution in [0.3, 0.4) is 0 Å². The standard InChI is InChI=1S/C16H10BClO3/c18-10-5-6-12-13-7-9-3-1-2-4-11(9)15(17(19)20)16(13)21-14(12)8-10/h1-8,19-20H. The zero-order chi connectivity index (χ0) is 14.6. The van der Waals surface area contributed by atoms with Gasteiger partial charge in [-0.05, 0) is 29.0 Å². The predicted octanol–water partition coefficient (Wildman–Crippen LogP) is 3.07. The second kappa shape index (κ2) is 4.50. The van der Waals surface area contributed by atoms with Gasteiger partial charge in [-0.25, -0.2) is 0 Å². The van der Waals surface area contributed by atoms with Gasteiger partial charge >= 0.3 is 7.12 Å².